The summed E-state index contributed by atoms with van der Waals surface area (Å²) in [5, 5.41) is 2.34. The van der Waals surface area contributed by atoms with Crippen LogP contribution in [0.5, 0.6) is 0 Å². The van der Waals surface area contributed by atoms with Crippen LogP contribution >= 0.6 is 0 Å². The first kappa shape index (κ1) is 26.4. The van der Waals surface area contributed by atoms with Gasteiger partial charge in [0.15, 0.2) is 0 Å². The molecule has 4 aromatic heterocycles. The molecule has 7 rings (SSSR count). The van der Waals surface area contributed by atoms with Crippen LogP contribution in [0.2, 0.25) is 0 Å². The average molecular weight is 524 g/mol. The highest BCUT2D eigenvalue weighted by atomic mass is 15.1. The Bertz CT molecular complexity index is 1930. The Labute approximate surface area is 234 Å². The second kappa shape index (κ2) is 12.1. The zero-order valence-electron chi connectivity index (χ0n) is 23.0. The van der Waals surface area contributed by atoms with Gasteiger partial charge in [0.1, 0.15) is 16.7 Å². The number of para-hydroxylation sites is 2. The summed E-state index contributed by atoms with van der Waals surface area (Å²) in [6, 6.07) is 35.2. The minimum Gasteiger partial charge on any atom is -0.405 e. The molecule has 0 unspecified atom stereocenters. The predicted molar refractivity (Wildman–Crippen MR) is 171 cm³/mol. The van der Waals surface area contributed by atoms with Gasteiger partial charge in [-0.2, -0.15) is 0 Å². The monoisotopic (exact) mass is 523 g/mol. The van der Waals surface area contributed by atoms with Gasteiger partial charge < -0.3 is 10.7 Å². The zero-order chi connectivity index (χ0) is 27.9. The van der Waals surface area contributed by atoms with E-state index in [1.165, 1.54) is 22.7 Å². The summed E-state index contributed by atoms with van der Waals surface area (Å²) in [6.45, 7) is 6.06. The van der Waals surface area contributed by atoms with E-state index in [-0.39, 0.29) is 0 Å². The van der Waals surface area contributed by atoms with Crippen LogP contribution < -0.4 is 5.73 Å². The number of nitrogens with one attached hydrogen (secondary N) is 1. The number of hydrogen-bond donors (Lipinski definition) is 2. The number of benzene rings is 3. The Hall–Kier alpha value is -5.16. The van der Waals surface area contributed by atoms with Crippen molar-refractivity contribution in [1.29, 1.82) is 0 Å². The normalized spacial score (nSPS) is 11.5. The number of fused-ring (bicyclic) bond motifs is 6. The van der Waals surface area contributed by atoms with E-state index in [1.807, 2.05) is 68.6 Å². The molecule has 7 aromatic rings. The molecule has 3 N–H and O–H groups in total. The molecule has 0 fully saturated rings. The number of rotatable bonds is 3. The van der Waals surface area contributed by atoms with Crippen LogP contribution in [0.1, 0.15) is 26.3 Å². The molecule has 0 radical (unpaired) electrons. The lowest BCUT2D eigenvalue weighted by Crippen LogP contribution is -1.95. The van der Waals surface area contributed by atoms with Gasteiger partial charge >= 0.3 is 0 Å². The topological polar surface area (TPSA) is 72.5 Å². The summed E-state index contributed by atoms with van der Waals surface area (Å²) in [5.41, 5.74) is 14.8. The molecular weight excluding hydrogens is 490 g/mol. The molecule has 0 atom stereocenters. The van der Waals surface area contributed by atoms with Crippen LogP contribution in [0.3, 0.4) is 0 Å². The summed E-state index contributed by atoms with van der Waals surface area (Å²) < 4.78 is 2.23. The number of nitrogens with two attached hydrogens (primary N) is 1. The van der Waals surface area contributed by atoms with E-state index < -0.39 is 0 Å². The molecule has 0 saturated heterocycles. The Morgan fingerprint density at radius 1 is 0.775 bits per heavy atom. The third kappa shape index (κ3) is 5.09. The number of nitrogens with zero attached hydrogens (tertiary/aromatic N) is 3. The summed E-state index contributed by atoms with van der Waals surface area (Å²) in [7, 11) is 0. The van der Waals surface area contributed by atoms with Crippen molar-refractivity contribution in [3.05, 3.63) is 133 Å². The minimum absolute atomic E-state index is 0.910. The first-order valence-electron chi connectivity index (χ1n) is 13.6. The fraction of sp³-hybridized carbons (Fsp3) is 0.0857. The van der Waals surface area contributed by atoms with Gasteiger partial charge in [-0.25, -0.2) is 4.98 Å². The Kier molecular flexibility index (Phi) is 8.02. The van der Waals surface area contributed by atoms with Crippen molar-refractivity contribution < 1.29 is 0 Å². The summed E-state index contributed by atoms with van der Waals surface area (Å²) in [5.74, 6) is 0. The predicted octanol–water partition coefficient (Wildman–Crippen LogP) is 8.80. The Morgan fingerprint density at radius 3 is 2.23 bits per heavy atom. The van der Waals surface area contributed by atoms with Crippen molar-refractivity contribution in [2.75, 3.05) is 0 Å². The van der Waals surface area contributed by atoms with E-state index in [9.17, 15) is 0 Å². The molecule has 40 heavy (non-hydrogen) atoms. The van der Waals surface area contributed by atoms with Crippen molar-refractivity contribution in [2.24, 2.45) is 5.73 Å². The fourth-order valence-electron chi connectivity index (χ4n) is 4.83. The smallest absolute Gasteiger partial charge is 0.146 e. The van der Waals surface area contributed by atoms with E-state index in [0.717, 1.165) is 44.3 Å². The van der Waals surface area contributed by atoms with Gasteiger partial charge in [-0.15, -0.1) is 0 Å². The highest BCUT2D eigenvalue weighted by Gasteiger charge is 2.16. The van der Waals surface area contributed by atoms with E-state index in [0.29, 0.717) is 0 Å². The molecule has 0 aliphatic carbocycles. The van der Waals surface area contributed by atoms with Crippen molar-refractivity contribution in [3.63, 3.8) is 0 Å². The third-order valence-electron chi connectivity index (χ3n) is 6.65. The van der Waals surface area contributed by atoms with E-state index >= 15 is 0 Å². The second-order valence-electron chi connectivity index (χ2n) is 9.07. The van der Waals surface area contributed by atoms with Crippen molar-refractivity contribution in [3.8, 4) is 5.69 Å². The molecule has 0 aliphatic heterocycles. The van der Waals surface area contributed by atoms with Gasteiger partial charge in [0.25, 0.3) is 0 Å². The molecule has 3 aromatic carbocycles. The number of aromatic nitrogens is 4. The largest absolute Gasteiger partial charge is 0.405 e. The number of aromatic amines is 1. The Morgan fingerprint density at radius 2 is 1.48 bits per heavy atom. The molecule has 0 amide bonds. The Balaban J connectivity index is 0.000000196. The van der Waals surface area contributed by atoms with Gasteiger partial charge in [-0.1, -0.05) is 86.7 Å². The molecule has 5 heteroatoms. The van der Waals surface area contributed by atoms with Gasteiger partial charge in [-0.05, 0) is 66.7 Å². The maximum absolute atomic E-state index is 5.23. The fourth-order valence-corrected chi connectivity index (χ4v) is 4.83. The van der Waals surface area contributed by atoms with Gasteiger partial charge in [0.2, 0.25) is 0 Å². The lowest BCUT2D eigenvalue weighted by atomic mass is 10.1. The van der Waals surface area contributed by atoms with Crippen molar-refractivity contribution in [1.82, 2.24) is 19.5 Å². The third-order valence-corrected chi connectivity index (χ3v) is 6.65. The van der Waals surface area contributed by atoms with E-state index in [4.69, 9.17) is 10.7 Å². The first-order chi connectivity index (χ1) is 19.7. The highest BCUT2D eigenvalue weighted by molar-refractivity contribution is 6.14. The second-order valence-corrected chi connectivity index (χ2v) is 9.07. The number of pyridine rings is 2. The van der Waals surface area contributed by atoms with Crippen LogP contribution in [0.4, 0.5) is 0 Å². The zero-order valence-corrected chi connectivity index (χ0v) is 23.0. The van der Waals surface area contributed by atoms with Gasteiger partial charge in [-0.3, -0.25) is 9.55 Å². The molecule has 198 valence electrons. The van der Waals surface area contributed by atoms with Crippen LogP contribution in [-0.2, 0) is 0 Å². The van der Waals surface area contributed by atoms with Crippen LogP contribution in [-0.4, -0.2) is 19.5 Å². The van der Waals surface area contributed by atoms with Gasteiger partial charge in [0.05, 0.1) is 16.6 Å². The van der Waals surface area contributed by atoms with Crippen molar-refractivity contribution in [2.45, 2.75) is 20.8 Å². The molecule has 0 aliphatic rings. The van der Waals surface area contributed by atoms with Crippen LogP contribution in [0.25, 0.3) is 55.3 Å². The molecule has 0 spiro atoms. The van der Waals surface area contributed by atoms with Crippen LogP contribution in [0.15, 0.2) is 128 Å². The molecule has 5 nitrogen and oxygen atoms in total. The highest BCUT2D eigenvalue weighted by Crippen LogP contribution is 2.34. The standard InChI is InChI=1S/C22H14N4.C11H13N.C2H6/c1-2-7-14(8-3-1)26-19-11-5-4-9-15(19)16-13-18-21(25-22(16)26)20-17(24-18)10-6-12-23-20;1-10(6-5-9-12)11-7-3-2-4-8-11;1-2/h1-13,24H;2-9H,12H2,1H3;1-2H3/b;9-5-,10-6+;. The summed E-state index contributed by atoms with van der Waals surface area (Å²) in [6.07, 6.45) is 7.18. The van der Waals surface area contributed by atoms with E-state index in [1.54, 1.807) is 0 Å². The molecule has 4 heterocycles. The van der Waals surface area contributed by atoms with Crippen LogP contribution in [0, 0.1) is 0 Å². The molecule has 0 saturated carbocycles. The average Bonchev–Trinajstić information content (AvgIpc) is 3.56. The summed E-state index contributed by atoms with van der Waals surface area (Å²) in [4.78, 5) is 13.0. The SMILES string of the molecule is C/C(=C\C=C/N)c1ccccc1.CC.c1ccc(-n2c3ccccc3c3cc4[nH]c5cccnc5c4nc32)cc1. The maximum atomic E-state index is 5.23. The van der Waals surface area contributed by atoms with Gasteiger partial charge in [0, 0.05) is 22.7 Å². The summed E-state index contributed by atoms with van der Waals surface area (Å²) >= 11 is 0. The lowest BCUT2D eigenvalue weighted by Gasteiger charge is -2.06. The lowest BCUT2D eigenvalue weighted by molar-refractivity contribution is 1.15. The quantitative estimate of drug-likeness (QED) is 0.227. The number of allylic oxidation sites excluding steroid dienone is 3. The van der Waals surface area contributed by atoms with E-state index in [2.05, 4.69) is 88.2 Å². The maximum Gasteiger partial charge on any atom is 0.146 e. The number of hydrogen-bond acceptors (Lipinski definition) is 3. The van der Waals surface area contributed by atoms with Crippen molar-refractivity contribution >= 4 is 49.6 Å². The molecular formula is C35H33N5. The molecule has 0 bridgehead atoms. The minimum atomic E-state index is 0.910. The number of H-pyrrole nitrogens is 1. The first-order valence-corrected chi connectivity index (χ1v) is 13.6.